The van der Waals surface area contributed by atoms with Gasteiger partial charge in [-0.3, -0.25) is 5.84 Å². The van der Waals surface area contributed by atoms with Gasteiger partial charge in [0.15, 0.2) is 11.0 Å². The smallest absolute Gasteiger partial charge is 0.164 e. The Morgan fingerprint density at radius 2 is 2.25 bits per heavy atom. The third-order valence-corrected chi connectivity index (χ3v) is 3.27. The molecule has 1 aliphatic rings. The summed E-state index contributed by atoms with van der Waals surface area (Å²) in [5.74, 6) is 5.47. The predicted octanol–water partition coefficient (Wildman–Crippen LogP) is 2.66. The van der Waals surface area contributed by atoms with Crippen molar-refractivity contribution < 1.29 is 4.39 Å². The molecule has 0 aliphatic carbocycles. The molecule has 88 valence electrons. The lowest BCUT2D eigenvalue weighted by atomic mass is 10.0. The standard InChI is InChI=1S/C11H15ClFN3/c12-11-9(13)6-8(7-15-11)10-4-2-1-3-5-16(10)14/h6-7,10H,1-5,14H2/t10-/m1/s1. The second-order valence-corrected chi connectivity index (χ2v) is 4.50. The maximum Gasteiger partial charge on any atom is 0.164 e. The summed E-state index contributed by atoms with van der Waals surface area (Å²) in [7, 11) is 0. The van der Waals surface area contributed by atoms with Crippen LogP contribution in [-0.4, -0.2) is 16.5 Å². The molecular formula is C11H15ClFN3. The van der Waals surface area contributed by atoms with Gasteiger partial charge in [0.1, 0.15) is 0 Å². The summed E-state index contributed by atoms with van der Waals surface area (Å²) in [4.78, 5) is 3.83. The quantitative estimate of drug-likeness (QED) is 0.609. The molecule has 2 N–H and O–H groups in total. The van der Waals surface area contributed by atoms with Gasteiger partial charge in [0, 0.05) is 12.7 Å². The number of hydrogen-bond acceptors (Lipinski definition) is 3. The van der Waals surface area contributed by atoms with Crippen molar-refractivity contribution in [3.05, 3.63) is 28.8 Å². The first-order valence-electron chi connectivity index (χ1n) is 5.51. The van der Waals surface area contributed by atoms with Crippen LogP contribution < -0.4 is 5.84 Å². The van der Waals surface area contributed by atoms with Gasteiger partial charge in [-0.1, -0.05) is 24.4 Å². The van der Waals surface area contributed by atoms with Crippen molar-refractivity contribution in [1.29, 1.82) is 0 Å². The molecular weight excluding hydrogens is 229 g/mol. The molecule has 1 aliphatic heterocycles. The highest BCUT2D eigenvalue weighted by molar-refractivity contribution is 6.29. The molecule has 1 saturated heterocycles. The van der Waals surface area contributed by atoms with Gasteiger partial charge in [-0.25, -0.2) is 14.4 Å². The van der Waals surface area contributed by atoms with Gasteiger partial charge in [-0.2, -0.15) is 0 Å². The van der Waals surface area contributed by atoms with Crippen LogP contribution in [0.1, 0.15) is 37.3 Å². The minimum absolute atomic E-state index is 0.0572. The summed E-state index contributed by atoms with van der Waals surface area (Å²) in [5.41, 5.74) is 0.811. The summed E-state index contributed by atoms with van der Waals surface area (Å²) in [5, 5.41) is 1.69. The first kappa shape index (κ1) is 11.8. The molecule has 1 atom stereocenters. The average Bonchev–Trinajstić information content (AvgIpc) is 2.47. The summed E-state index contributed by atoms with van der Waals surface area (Å²) in [6.07, 6.45) is 5.94. The number of nitrogens with zero attached hydrogens (tertiary/aromatic N) is 2. The van der Waals surface area contributed by atoms with Crippen LogP contribution in [0.2, 0.25) is 5.15 Å². The topological polar surface area (TPSA) is 42.1 Å². The van der Waals surface area contributed by atoms with Gasteiger partial charge in [0.25, 0.3) is 0 Å². The summed E-state index contributed by atoms with van der Waals surface area (Å²) < 4.78 is 13.3. The highest BCUT2D eigenvalue weighted by atomic mass is 35.5. The largest absolute Gasteiger partial charge is 0.268 e. The number of nitrogens with two attached hydrogens (primary N) is 1. The lowest BCUT2D eigenvalue weighted by Crippen LogP contribution is -2.35. The first-order valence-corrected chi connectivity index (χ1v) is 5.88. The summed E-state index contributed by atoms with van der Waals surface area (Å²) in [6.45, 7) is 0.842. The fourth-order valence-corrected chi connectivity index (χ4v) is 2.21. The summed E-state index contributed by atoms with van der Waals surface area (Å²) >= 11 is 5.56. The Balaban J connectivity index is 2.23. The van der Waals surface area contributed by atoms with Gasteiger partial charge >= 0.3 is 0 Å². The van der Waals surface area contributed by atoms with E-state index in [0.717, 1.165) is 31.4 Å². The number of halogens is 2. The fourth-order valence-electron chi connectivity index (χ4n) is 2.11. The van der Waals surface area contributed by atoms with Crippen molar-refractivity contribution in [2.24, 2.45) is 5.84 Å². The summed E-state index contributed by atoms with van der Waals surface area (Å²) in [6, 6.07) is 1.49. The fraction of sp³-hybridized carbons (Fsp3) is 0.545. The maximum atomic E-state index is 13.3. The molecule has 2 rings (SSSR count). The van der Waals surface area contributed by atoms with Crippen LogP contribution in [0.3, 0.4) is 0 Å². The maximum absolute atomic E-state index is 13.3. The molecule has 0 unspecified atom stereocenters. The Hall–Kier alpha value is -0.710. The van der Waals surface area contributed by atoms with E-state index in [-0.39, 0.29) is 11.2 Å². The Kier molecular flexibility index (Phi) is 3.74. The molecule has 3 nitrogen and oxygen atoms in total. The minimum atomic E-state index is -0.475. The molecule has 0 saturated carbocycles. The lowest BCUT2D eigenvalue weighted by Gasteiger charge is -2.25. The number of aromatic nitrogens is 1. The van der Waals surface area contributed by atoms with Crippen LogP contribution in [0.25, 0.3) is 0 Å². The lowest BCUT2D eigenvalue weighted by molar-refractivity contribution is 0.206. The van der Waals surface area contributed by atoms with E-state index in [4.69, 9.17) is 17.4 Å². The van der Waals surface area contributed by atoms with Crippen LogP contribution in [0.4, 0.5) is 4.39 Å². The number of hydrazine groups is 1. The highest BCUT2D eigenvalue weighted by Gasteiger charge is 2.21. The van der Waals surface area contributed by atoms with Crippen LogP contribution in [0, 0.1) is 5.82 Å². The Bertz CT molecular complexity index is 372. The van der Waals surface area contributed by atoms with E-state index < -0.39 is 5.82 Å². The zero-order valence-electron chi connectivity index (χ0n) is 9.00. The van der Waals surface area contributed by atoms with E-state index in [9.17, 15) is 4.39 Å². The van der Waals surface area contributed by atoms with Gasteiger partial charge < -0.3 is 0 Å². The van der Waals surface area contributed by atoms with E-state index >= 15 is 0 Å². The molecule has 1 fully saturated rings. The van der Waals surface area contributed by atoms with E-state index in [2.05, 4.69) is 4.98 Å². The van der Waals surface area contributed by atoms with Crippen LogP contribution in [-0.2, 0) is 0 Å². The van der Waals surface area contributed by atoms with Gasteiger partial charge in [-0.05, 0) is 24.5 Å². The van der Waals surface area contributed by atoms with Gasteiger partial charge in [-0.15, -0.1) is 0 Å². The van der Waals surface area contributed by atoms with Crippen LogP contribution in [0.15, 0.2) is 12.3 Å². The molecule has 2 heterocycles. The second-order valence-electron chi connectivity index (χ2n) is 4.14. The van der Waals surface area contributed by atoms with Gasteiger partial charge in [0.05, 0.1) is 6.04 Å². The first-order chi connectivity index (χ1) is 7.68. The van der Waals surface area contributed by atoms with Gasteiger partial charge in [0.2, 0.25) is 0 Å². The SMILES string of the molecule is NN1CCCCC[C@@H]1c1cnc(Cl)c(F)c1. The molecule has 1 aromatic rings. The van der Waals surface area contributed by atoms with E-state index in [1.165, 1.54) is 12.5 Å². The molecule has 5 heteroatoms. The van der Waals surface area contributed by atoms with Crippen LogP contribution >= 0.6 is 11.6 Å². The third-order valence-electron chi connectivity index (χ3n) is 3.00. The van der Waals surface area contributed by atoms with Crippen molar-refractivity contribution in [1.82, 2.24) is 9.99 Å². The number of hydrogen-bond donors (Lipinski definition) is 1. The van der Waals surface area contributed by atoms with Crippen molar-refractivity contribution in [2.45, 2.75) is 31.7 Å². The highest BCUT2D eigenvalue weighted by Crippen LogP contribution is 2.28. The number of rotatable bonds is 1. The molecule has 0 bridgehead atoms. The normalized spacial score (nSPS) is 23.1. The Labute approximate surface area is 99.4 Å². The second kappa shape index (κ2) is 5.08. The third kappa shape index (κ3) is 2.51. The minimum Gasteiger partial charge on any atom is -0.268 e. The molecule has 0 spiro atoms. The molecule has 0 radical (unpaired) electrons. The molecule has 0 aromatic carbocycles. The Morgan fingerprint density at radius 1 is 1.44 bits per heavy atom. The monoisotopic (exact) mass is 243 g/mol. The van der Waals surface area contributed by atoms with E-state index in [1.54, 1.807) is 11.2 Å². The van der Waals surface area contributed by atoms with Crippen LogP contribution in [0.5, 0.6) is 0 Å². The molecule has 1 aromatic heterocycles. The zero-order valence-corrected chi connectivity index (χ0v) is 9.75. The average molecular weight is 244 g/mol. The predicted molar refractivity (Wildman–Crippen MR) is 61.3 cm³/mol. The molecule has 0 amide bonds. The number of pyridine rings is 1. The van der Waals surface area contributed by atoms with E-state index in [1.807, 2.05) is 0 Å². The van der Waals surface area contributed by atoms with Crippen molar-refractivity contribution in [3.63, 3.8) is 0 Å². The Morgan fingerprint density at radius 3 is 3.00 bits per heavy atom. The van der Waals surface area contributed by atoms with Crippen molar-refractivity contribution in [3.8, 4) is 0 Å². The van der Waals surface area contributed by atoms with Crippen molar-refractivity contribution in [2.75, 3.05) is 6.54 Å². The van der Waals surface area contributed by atoms with Crippen molar-refractivity contribution >= 4 is 11.6 Å². The zero-order chi connectivity index (χ0) is 11.5. The van der Waals surface area contributed by atoms with E-state index in [0.29, 0.717) is 0 Å². The molecule has 16 heavy (non-hydrogen) atoms.